The predicted molar refractivity (Wildman–Crippen MR) is 113 cm³/mol. The van der Waals surface area contributed by atoms with Gasteiger partial charge in [-0.1, -0.05) is 30.3 Å². The zero-order valence-corrected chi connectivity index (χ0v) is 16.6. The topological polar surface area (TPSA) is 52.7 Å². The van der Waals surface area contributed by atoms with E-state index in [1.54, 1.807) is 11.8 Å². The van der Waals surface area contributed by atoms with Gasteiger partial charge < -0.3 is 15.1 Å². The Labute approximate surface area is 167 Å². The number of amides is 2. The van der Waals surface area contributed by atoms with Crippen LogP contribution >= 0.6 is 0 Å². The summed E-state index contributed by atoms with van der Waals surface area (Å²) in [4.78, 5) is 28.3. The molecule has 28 heavy (non-hydrogen) atoms. The van der Waals surface area contributed by atoms with E-state index < -0.39 is 0 Å². The molecule has 0 unspecified atom stereocenters. The van der Waals surface area contributed by atoms with Crippen molar-refractivity contribution in [2.45, 2.75) is 39.2 Å². The Balaban J connectivity index is 1.49. The molecule has 1 aliphatic rings. The van der Waals surface area contributed by atoms with Crippen LogP contribution in [0.15, 0.2) is 54.6 Å². The number of rotatable bonds is 7. The largest absolute Gasteiger partial charge is 0.372 e. The van der Waals surface area contributed by atoms with Gasteiger partial charge in [-0.05, 0) is 49.1 Å². The Morgan fingerprint density at radius 1 is 0.964 bits per heavy atom. The molecule has 3 rings (SSSR count). The van der Waals surface area contributed by atoms with Crippen molar-refractivity contribution in [3.63, 3.8) is 0 Å². The normalized spacial score (nSPS) is 13.8. The molecule has 0 spiro atoms. The number of hydrogen-bond acceptors (Lipinski definition) is 3. The molecule has 2 amide bonds. The van der Waals surface area contributed by atoms with Crippen molar-refractivity contribution in [3.05, 3.63) is 60.2 Å². The number of nitrogens with zero attached hydrogens (tertiary/aromatic N) is 2. The molecule has 1 fully saturated rings. The lowest BCUT2D eigenvalue weighted by molar-refractivity contribution is -0.129. The van der Waals surface area contributed by atoms with Crippen molar-refractivity contribution in [1.82, 2.24) is 4.90 Å². The highest BCUT2D eigenvalue weighted by Gasteiger charge is 2.13. The van der Waals surface area contributed by atoms with Crippen molar-refractivity contribution in [1.29, 1.82) is 0 Å². The number of hydrogen-bond donors (Lipinski definition) is 1. The summed E-state index contributed by atoms with van der Waals surface area (Å²) in [6.45, 7) is 4.68. The number of nitrogens with one attached hydrogen (secondary N) is 1. The van der Waals surface area contributed by atoms with E-state index in [-0.39, 0.29) is 18.2 Å². The molecule has 1 N–H and O–H groups in total. The van der Waals surface area contributed by atoms with Crippen LogP contribution in [0, 0.1) is 0 Å². The van der Waals surface area contributed by atoms with Gasteiger partial charge >= 0.3 is 0 Å². The van der Waals surface area contributed by atoms with Gasteiger partial charge in [0.2, 0.25) is 11.8 Å². The van der Waals surface area contributed by atoms with Crippen LogP contribution in [0.1, 0.15) is 38.2 Å². The highest BCUT2D eigenvalue weighted by atomic mass is 16.2. The van der Waals surface area contributed by atoms with Gasteiger partial charge in [0.1, 0.15) is 0 Å². The fourth-order valence-corrected chi connectivity index (χ4v) is 3.52. The highest BCUT2D eigenvalue weighted by molar-refractivity contribution is 5.91. The van der Waals surface area contributed by atoms with Crippen LogP contribution in [-0.4, -0.2) is 36.3 Å². The van der Waals surface area contributed by atoms with Crippen molar-refractivity contribution in [3.8, 4) is 0 Å². The van der Waals surface area contributed by atoms with E-state index in [2.05, 4.69) is 22.3 Å². The summed E-state index contributed by atoms with van der Waals surface area (Å²) >= 11 is 0. The fourth-order valence-electron chi connectivity index (χ4n) is 3.52. The molecule has 0 aliphatic carbocycles. The first-order valence-corrected chi connectivity index (χ1v) is 10.1. The van der Waals surface area contributed by atoms with Crippen LogP contribution in [0.25, 0.3) is 0 Å². The Kier molecular flexibility index (Phi) is 7.06. The number of carbonyl (C=O) groups excluding carboxylic acids is 2. The molecule has 1 saturated heterocycles. The monoisotopic (exact) mass is 379 g/mol. The summed E-state index contributed by atoms with van der Waals surface area (Å²) in [7, 11) is 0. The SMILES string of the molecule is CC(=O)N(CCC(=O)Nc1ccc(N2CCCCC2)cc1)Cc1ccccc1. The fraction of sp³-hybridized carbons (Fsp3) is 0.391. The smallest absolute Gasteiger partial charge is 0.226 e. The van der Waals surface area contributed by atoms with E-state index in [1.165, 1.54) is 24.9 Å². The Bertz CT molecular complexity index is 768. The molecule has 0 bridgehead atoms. The second-order valence-electron chi connectivity index (χ2n) is 7.32. The van der Waals surface area contributed by atoms with Crippen LogP contribution in [0.2, 0.25) is 0 Å². The maximum absolute atomic E-state index is 12.3. The van der Waals surface area contributed by atoms with E-state index in [4.69, 9.17) is 0 Å². The second kappa shape index (κ2) is 9.93. The lowest BCUT2D eigenvalue weighted by atomic mass is 10.1. The van der Waals surface area contributed by atoms with Crippen molar-refractivity contribution in [2.75, 3.05) is 29.9 Å². The van der Waals surface area contributed by atoms with Crippen molar-refractivity contribution < 1.29 is 9.59 Å². The summed E-state index contributed by atoms with van der Waals surface area (Å²) in [5.74, 6) is -0.104. The molecule has 148 valence electrons. The lowest BCUT2D eigenvalue weighted by Gasteiger charge is -2.28. The molecular weight excluding hydrogens is 350 g/mol. The minimum atomic E-state index is -0.0787. The molecular formula is C23H29N3O2. The summed E-state index contributed by atoms with van der Waals surface area (Å²) in [5.41, 5.74) is 3.07. The van der Waals surface area contributed by atoms with Gasteiger partial charge in [0, 0.05) is 50.9 Å². The van der Waals surface area contributed by atoms with Crippen LogP contribution < -0.4 is 10.2 Å². The third-order valence-electron chi connectivity index (χ3n) is 5.14. The Hall–Kier alpha value is -2.82. The lowest BCUT2D eigenvalue weighted by Crippen LogP contribution is -2.31. The molecule has 0 atom stereocenters. The first-order chi connectivity index (χ1) is 13.6. The van der Waals surface area contributed by atoms with Gasteiger partial charge in [0.05, 0.1) is 0 Å². The third-order valence-corrected chi connectivity index (χ3v) is 5.14. The van der Waals surface area contributed by atoms with Crippen molar-refractivity contribution >= 4 is 23.2 Å². The molecule has 1 heterocycles. The highest BCUT2D eigenvalue weighted by Crippen LogP contribution is 2.21. The van der Waals surface area contributed by atoms with E-state index in [1.807, 2.05) is 42.5 Å². The van der Waals surface area contributed by atoms with E-state index in [9.17, 15) is 9.59 Å². The molecule has 5 heteroatoms. The van der Waals surface area contributed by atoms with Gasteiger partial charge in [0.15, 0.2) is 0 Å². The Morgan fingerprint density at radius 2 is 1.64 bits per heavy atom. The summed E-state index contributed by atoms with van der Waals surface area (Å²) in [5, 5.41) is 2.93. The zero-order chi connectivity index (χ0) is 19.8. The van der Waals surface area contributed by atoms with Crippen LogP contribution in [0.3, 0.4) is 0 Å². The number of anilines is 2. The number of carbonyl (C=O) groups is 2. The van der Waals surface area contributed by atoms with Gasteiger partial charge in [-0.3, -0.25) is 9.59 Å². The van der Waals surface area contributed by atoms with Gasteiger partial charge in [-0.25, -0.2) is 0 Å². The first kappa shape index (κ1) is 19.9. The van der Waals surface area contributed by atoms with Crippen LogP contribution in [0.4, 0.5) is 11.4 Å². The van der Waals surface area contributed by atoms with Crippen LogP contribution in [-0.2, 0) is 16.1 Å². The number of piperidine rings is 1. The van der Waals surface area contributed by atoms with Crippen LogP contribution in [0.5, 0.6) is 0 Å². The molecule has 1 aliphatic heterocycles. The molecule has 2 aromatic rings. The average molecular weight is 380 g/mol. The second-order valence-corrected chi connectivity index (χ2v) is 7.32. The van der Waals surface area contributed by atoms with E-state index >= 15 is 0 Å². The first-order valence-electron chi connectivity index (χ1n) is 10.1. The maximum Gasteiger partial charge on any atom is 0.226 e. The van der Waals surface area contributed by atoms with Gasteiger partial charge in [-0.2, -0.15) is 0 Å². The van der Waals surface area contributed by atoms with E-state index in [0.717, 1.165) is 24.3 Å². The zero-order valence-electron chi connectivity index (χ0n) is 16.6. The predicted octanol–water partition coefficient (Wildman–Crippen LogP) is 4.05. The van der Waals surface area contributed by atoms with E-state index in [0.29, 0.717) is 13.1 Å². The summed E-state index contributed by atoms with van der Waals surface area (Å²) in [6.07, 6.45) is 4.08. The summed E-state index contributed by atoms with van der Waals surface area (Å²) < 4.78 is 0. The molecule has 0 aromatic heterocycles. The number of benzene rings is 2. The molecule has 2 aromatic carbocycles. The summed E-state index contributed by atoms with van der Waals surface area (Å²) in [6, 6.07) is 17.9. The molecule has 0 radical (unpaired) electrons. The average Bonchev–Trinajstić information content (AvgIpc) is 2.73. The van der Waals surface area contributed by atoms with Crippen molar-refractivity contribution in [2.24, 2.45) is 0 Å². The maximum atomic E-state index is 12.3. The minimum Gasteiger partial charge on any atom is -0.372 e. The Morgan fingerprint density at radius 3 is 2.29 bits per heavy atom. The standard InChI is InChI=1S/C23H29N3O2/c1-19(27)26(18-20-8-4-2-5-9-20)17-14-23(28)24-21-10-12-22(13-11-21)25-15-6-3-7-16-25/h2,4-5,8-13H,3,6-7,14-18H2,1H3,(H,24,28). The minimum absolute atomic E-state index is 0.0254. The molecule has 5 nitrogen and oxygen atoms in total. The van der Waals surface area contributed by atoms with Gasteiger partial charge in [0.25, 0.3) is 0 Å². The third kappa shape index (κ3) is 5.84. The quantitative estimate of drug-likeness (QED) is 0.789. The van der Waals surface area contributed by atoms with Gasteiger partial charge in [-0.15, -0.1) is 0 Å². The molecule has 0 saturated carbocycles.